The number of hydrogen-bond donors (Lipinski definition) is 1. The van der Waals surface area contributed by atoms with Crippen LogP contribution in [0.5, 0.6) is 5.75 Å². The molecule has 1 N–H and O–H groups in total. The van der Waals surface area contributed by atoms with Crippen LogP contribution in [0.4, 0.5) is 0 Å². The maximum Gasteiger partial charge on any atom is 0.123 e. The van der Waals surface area contributed by atoms with Gasteiger partial charge in [-0.05, 0) is 56.8 Å². The highest BCUT2D eigenvalue weighted by Crippen LogP contribution is 2.35. The van der Waals surface area contributed by atoms with Crippen LogP contribution >= 0.6 is 0 Å². The second-order valence-corrected chi connectivity index (χ2v) is 6.58. The van der Waals surface area contributed by atoms with Crippen molar-refractivity contribution in [1.29, 1.82) is 0 Å². The van der Waals surface area contributed by atoms with E-state index in [9.17, 15) is 0 Å². The summed E-state index contributed by atoms with van der Waals surface area (Å²) < 4.78 is 11.5. The molecule has 2 aliphatic heterocycles. The highest BCUT2D eigenvalue weighted by molar-refractivity contribution is 5.41. The van der Waals surface area contributed by atoms with E-state index < -0.39 is 0 Å². The summed E-state index contributed by atoms with van der Waals surface area (Å²) >= 11 is 0. The predicted molar refractivity (Wildman–Crippen MR) is 80.2 cm³/mol. The second kappa shape index (κ2) is 5.74. The third-order valence-electron chi connectivity index (χ3n) is 4.12. The van der Waals surface area contributed by atoms with Gasteiger partial charge in [0.15, 0.2) is 0 Å². The van der Waals surface area contributed by atoms with Gasteiger partial charge in [0.2, 0.25) is 0 Å². The van der Waals surface area contributed by atoms with Gasteiger partial charge in [0, 0.05) is 19.6 Å². The summed E-state index contributed by atoms with van der Waals surface area (Å²) in [7, 11) is 0. The number of hydrogen-bond acceptors (Lipinski definition) is 3. The number of ether oxygens (including phenoxy) is 2. The normalized spacial score (nSPS) is 23.6. The van der Waals surface area contributed by atoms with E-state index in [0.717, 1.165) is 38.3 Å². The van der Waals surface area contributed by atoms with E-state index >= 15 is 0 Å². The summed E-state index contributed by atoms with van der Waals surface area (Å²) in [6.45, 7) is 7.20. The molecule has 1 atom stereocenters. The van der Waals surface area contributed by atoms with Crippen LogP contribution in [-0.4, -0.2) is 24.9 Å². The quantitative estimate of drug-likeness (QED) is 0.838. The van der Waals surface area contributed by atoms with Gasteiger partial charge in [-0.15, -0.1) is 0 Å². The minimum absolute atomic E-state index is 0.0474. The first-order valence-electron chi connectivity index (χ1n) is 7.75. The number of nitrogens with one attached hydrogen (secondary N) is 1. The summed E-state index contributed by atoms with van der Waals surface area (Å²) in [5.74, 6) is 1.05. The summed E-state index contributed by atoms with van der Waals surface area (Å²) in [5.41, 5.74) is 2.64. The summed E-state index contributed by atoms with van der Waals surface area (Å²) in [6, 6.07) is 6.56. The topological polar surface area (TPSA) is 30.5 Å². The Labute approximate surface area is 121 Å². The Hall–Kier alpha value is -1.06. The molecule has 20 heavy (non-hydrogen) atoms. The van der Waals surface area contributed by atoms with Crippen LogP contribution in [0.25, 0.3) is 0 Å². The Kier molecular flexibility index (Phi) is 3.99. The van der Waals surface area contributed by atoms with E-state index in [2.05, 4.69) is 37.4 Å². The Balaban J connectivity index is 1.47. The number of rotatable bonds is 5. The monoisotopic (exact) mass is 275 g/mol. The molecule has 3 rings (SSSR count). The van der Waals surface area contributed by atoms with Crippen LogP contribution in [0.3, 0.4) is 0 Å². The molecular weight excluding hydrogens is 250 g/mol. The van der Waals surface area contributed by atoms with E-state index in [1.165, 1.54) is 24.0 Å². The lowest BCUT2D eigenvalue weighted by Crippen LogP contribution is -2.24. The summed E-state index contributed by atoms with van der Waals surface area (Å²) in [4.78, 5) is 0. The van der Waals surface area contributed by atoms with Crippen molar-refractivity contribution < 1.29 is 9.47 Å². The van der Waals surface area contributed by atoms with E-state index in [1.54, 1.807) is 0 Å². The maximum absolute atomic E-state index is 5.91. The fourth-order valence-electron chi connectivity index (χ4n) is 3.14. The molecular formula is C17H25NO2. The largest absolute Gasteiger partial charge is 0.487 e. The molecule has 3 heteroatoms. The van der Waals surface area contributed by atoms with Gasteiger partial charge < -0.3 is 14.8 Å². The van der Waals surface area contributed by atoms with Gasteiger partial charge in [-0.2, -0.15) is 0 Å². The molecule has 1 aromatic rings. The molecule has 0 aromatic heterocycles. The Morgan fingerprint density at radius 2 is 2.25 bits per heavy atom. The molecule has 2 aliphatic rings. The van der Waals surface area contributed by atoms with Crippen molar-refractivity contribution >= 4 is 0 Å². The van der Waals surface area contributed by atoms with Gasteiger partial charge in [0.05, 0.1) is 6.10 Å². The van der Waals surface area contributed by atoms with E-state index in [1.807, 2.05) is 0 Å². The van der Waals surface area contributed by atoms with Crippen molar-refractivity contribution in [3.05, 3.63) is 29.3 Å². The van der Waals surface area contributed by atoms with Crippen molar-refractivity contribution in [3.8, 4) is 5.75 Å². The maximum atomic E-state index is 5.91. The molecule has 0 amide bonds. The number of benzene rings is 1. The average molecular weight is 275 g/mol. The van der Waals surface area contributed by atoms with Gasteiger partial charge in [0.1, 0.15) is 11.4 Å². The molecule has 2 heterocycles. The lowest BCUT2D eigenvalue weighted by molar-refractivity contribution is 0.104. The van der Waals surface area contributed by atoms with Gasteiger partial charge in [-0.3, -0.25) is 0 Å². The average Bonchev–Trinajstić information content (AvgIpc) is 2.99. The predicted octanol–water partition coefficient (Wildman–Crippen LogP) is 3.06. The van der Waals surface area contributed by atoms with E-state index in [4.69, 9.17) is 9.47 Å². The molecule has 1 aromatic carbocycles. The smallest absolute Gasteiger partial charge is 0.123 e. The molecule has 0 aliphatic carbocycles. The molecule has 0 saturated carbocycles. The third-order valence-corrected chi connectivity index (χ3v) is 4.12. The molecule has 3 nitrogen and oxygen atoms in total. The highest BCUT2D eigenvalue weighted by atomic mass is 16.5. The van der Waals surface area contributed by atoms with Gasteiger partial charge in [0.25, 0.3) is 0 Å². The Morgan fingerprint density at radius 1 is 1.35 bits per heavy atom. The zero-order valence-corrected chi connectivity index (χ0v) is 12.6. The van der Waals surface area contributed by atoms with Crippen molar-refractivity contribution in [2.45, 2.75) is 57.8 Å². The van der Waals surface area contributed by atoms with Crippen LogP contribution < -0.4 is 10.1 Å². The first-order valence-corrected chi connectivity index (χ1v) is 7.75. The van der Waals surface area contributed by atoms with Crippen LogP contribution in [0, 0.1) is 0 Å². The lowest BCUT2D eigenvalue weighted by atomic mass is 10.0. The second-order valence-electron chi connectivity index (χ2n) is 6.58. The molecule has 1 fully saturated rings. The van der Waals surface area contributed by atoms with Crippen LogP contribution in [-0.2, 0) is 17.7 Å². The SMILES string of the molecule is CC1(C)Cc2cc(CNCCC3CCCO3)ccc2O1. The van der Waals surface area contributed by atoms with Crippen LogP contribution in [0.1, 0.15) is 44.2 Å². The Morgan fingerprint density at radius 3 is 3.05 bits per heavy atom. The van der Waals surface area contributed by atoms with E-state index in [0.29, 0.717) is 6.10 Å². The third kappa shape index (κ3) is 3.33. The highest BCUT2D eigenvalue weighted by Gasteiger charge is 2.29. The first kappa shape index (κ1) is 13.9. The molecule has 0 spiro atoms. The van der Waals surface area contributed by atoms with Gasteiger partial charge in [-0.1, -0.05) is 12.1 Å². The molecule has 1 saturated heterocycles. The molecule has 0 radical (unpaired) electrons. The standard InChI is InChI=1S/C17H25NO2/c1-17(2)11-14-10-13(5-6-16(14)20-17)12-18-8-7-15-4-3-9-19-15/h5-6,10,15,18H,3-4,7-9,11-12H2,1-2H3. The first-order chi connectivity index (χ1) is 9.62. The van der Waals surface area contributed by atoms with Crippen LogP contribution in [0.15, 0.2) is 18.2 Å². The van der Waals surface area contributed by atoms with E-state index in [-0.39, 0.29) is 5.60 Å². The zero-order valence-electron chi connectivity index (χ0n) is 12.6. The summed E-state index contributed by atoms with van der Waals surface area (Å²) in [6.07, 6.45) is 5.07. The minimum atomic E-state index is -0.0474. The lowest BCUT2D eigenvalue weighted by Gasteiger charge is -2.16. The number of fused-ring (bicyclic) bond motifs is 1. The van der Waals surface area contributed by atoms with Crippen LogP contribution in [0.2, 0.25) is 0 Å². The Bertz CT molecular complexity index is 464. The zero-order chi connectivity index (χ0) is 14.0. The minimum Gasteiger partial charge on any atom is -0.487 e. The van der Waals surface area contributed by atoms with Crippen molar-refractivity contribution in [2.75, 3.05) is 13.2 Å². The van der Waals surface area contributed by atoms with Crippen molar-refractivity contribution in [1.82, 2.24) is 5.32 Å². The summed E-state index contributed by atoms with van der Waals surface area (Å²) in [5, 5.41) is 3.52. The van der Waals surface area contributed by atoms with Crippen molar-refractivity contribution in [2.24, 2.45) is 0 Å². The van der Waals surface area contributed by atoms with Crippen molar-refractivity contribution in [3.63, 3.8) is 0 Å². The molecule has 110 valence electrons. The fraction of sp³-hybridized carbons (Fsp3) is 0.647. The van der Waals surface area contributed by atoms with Gasteiger partial charge in [-0.25, -0.2) is 0 Å². The molecule has 1 unspecified atom stereocenters. The fourth-order valence-corrected chi connectivity index (χ4v) is 3.14. The molecule has 0 bridgehead atoms. The van der Waals surface area contributed by atoms with Gasteiger partial charge >= 0.3 is 0 Å².